The molecule has 0 aliphatic heterocycles. The predicted molar refractivity (Wildman–Crippen MR) is 164 cm³/mol. The SMILES string of the molecule is BC(B)(B)Nc1ncc2cc(-c3cc(NC(=O)c4ccnc(C(F)(F)F)c4)ccc3C)c(C(B)(B)B)nc2n1. The van der Waals surface area contributed by atoms with Crippen LogP contribution in [0.15, 0.2) is 48.8 Å². The maximum Gasteiger partial charge on any atom is 0.433 e. The number of amides is 1. The van der Waals surface area contributed by atoms with Crippen molar-refractivity contribution >= 4 is 75.7 Å². The first-order chi connectivity index (χ1) is 18.0. The summed E-state index contributed by atoms with van der Waals surface area (Å²) in [6.45, 7) is 1.95. The highest BCUT2D eigenvalue weighted by Gasteiger charge is 2.33. The van der Waals surface area contributed by atoms with Crippen molar-refractivity contribution in [2.24, 2.45) is 0 Å². The maximum absolute atomic E-state index is 13.1. The third-order valence-electron chi connectivity index (χ3n) is 5.86. The average Bonchev–Trinajstić information content (AvgIpc) is 2.82. The molecule has 3 heterocycles. The fraction of sp³-hybridized carbons (Fsp3) is 0.174. The zero-order valence-electron chi connectivity index (χ0n) is 22.9. The van der Waals surface area contributed by atoms with Gasteiger partial charge in [-0.15, -0.1) is 0 Å². The summed E-state index contributed by atoms with van der Waals surface area (Å²) in [4.78, 5) is 30.2. The molecular formula is C23H25B6F3N6O. The van der Waals surface area contributed by atoms with Crippen molar-refractivity contribution in [3.8, 4) is 11.1 Å². The van der Waals surface area contributed by atoms with Crippen LogP contribution in [0.3, 0.4) is 0 Å². The van der Waals surface area contributed by atoms with Crippen LogP contribution < -0.4 is 10.6 Å². The first-order valence-corrected chi connectivity index (χ1v) is 12.4. The molecule has 0 spiro atoms. The van der Waals surface area contributed by atoms with Gasteiger partial charge in [0, 0.05) is 40.3 Å². The molecule has 16 heteroatoms. The van der Waals surface area contributed by atoms with Gasteiger partial charge in [0.25, 0.3) is 5.91 Å². The number of aryl methyl sites for hydroxylation is 1. The molecule has 0 aliphatic carbocycles. The molecule has 0 unspecified atom stereocenters. The van der Waals surface area contributed by atoms with Gasteiger partial charge in [-0.1, -0.05) is 11.2 Å². The highest BCUT2D eigenvalue weighted by molar-refractivity contribution is 6.60. The van der Waals surface area contributed by atoms with Crippen LogP contribution in [-0.4, -0.2) is 78.2 Å². The highest BCUT2D eigenvalue weighted by atomic mass is 19.4. The van der Waals surface area contributed by atoms with Gasteiger partial charge in [0.2, 0.25) is 5.95 Å². The number of halogens is 3. The molecule has 0 atom stereocenters. The van der Waals surface area contributed by atoms with Crippen LogP contribution >= 0.6 is 0 Å². The molecular weight excluding hydrogens is 498 g/mol. The van der Waals surface area contributed by atoms with Crippen molar-refractivity contribution in [1.29, 1.82) is 0 Å². The van der Waals surface area contributed by atoms with E-state index in [1.165, 1.54) is 6.07 Å². The standard InChI is InChI=1S/C23H25B6F3N6O/c1-10-2-3-13(35-19(39)11-4-5-33-16(7-11)22(30,31)32)8-14(10)15-6-12-9-34-20(38-23(27,28)29)37-18(12)36-17(15)21(24,25)26/h2-9H,24-29H2,1H3,(H,35,39)(H,34,36,37,38). The van der Waals surface area contributed by atoms with Crippen molar-refractivity contribution in [1.82, 2.24) is 19.9 Å². The Kier molecular flexibility index (Phi) is 7.35. The molecule has 192 valence electrons. The third-order valence-corrected chi connectivity index (χ3v) is 5.86. The Morgan fingerprint density at radius 2 is 1.62 bits per heavy atom. The van der Waals surface area contributed by atoms with E-state index in [1.54, 1.807) is 18.3 Å². The number of benzene rings is 1. The average molecular weight is 523 g/mol. The normalized spacial score (nSPS) is 12.3. The second-order valence-electron chi connectivity index (χ2n) is 11.5. The second kappa shape index (κ2) is 10.1. The number of carbonyl (C=O) groups is 1. The lowest BCUT2D eigenvalue weighted by Gasteiger charge is -2.24. The summed E-state index contributed by atoms with van der Waals surface area (Å²) < 4.78 is 39.2. The summed E-state index contributed by atoms with van der Waals surface area (Å²) in [6, 6.07) is 9.32. The monoisotopic (exact) mass is 524 g/mol. The van der Waals surface area contributed by atoms with Crippen molar-refractivity contribution in [2.45, 2.75) is 23.5 Å². The lowest BCUT2D eigenvalue weighted by Crippen LogP contribution is -2.40. The minimum Gasteiger partial charge on any atom is -0.372 e. The molecule has 0 fully saturated rings. The summed E-state index contributed by atoms with van der Waals surface area (Å²) >= 11 is 0. The number of anilines is 2. The van der Waals surface area contributed by atoms with Gasteiger partial charge in [0.1, 0.15) is 29.2 Å². The van der Waals surface area contributed by atoms with Crippen molar-refractivity contribution in [3.05, 3.63) is 71.3 Å². The number of pyridine rings is 2. The van der Waals surface area contributed by atoms with Gasteiger partial charge >= 0.3 is 6.18 Å². The van der Waals surface area contributed by atoms with Crippen LogP contribution in [0.2, 0.25) is 0 Å². The van der Waals surface area contributed by atoms with Gasteiger partial charge in [-0.3, -0.25) is 9.78 Å². The summed E-state index contributed by atoms with van der Waals surface area (Å²) in [5.41, 5.74) is 3.17. The summed E-state index contributed by atoms with van der Waals surface area (Å²) in [5.74, 6) is -0.182. The van der Waals surface area contributed by atoms with E-state index < -0.39 is 17.8 Å². The van der Waals surface area contributed by atoms with Gasteiger partial charge in [-0.05, 0) is 53.6 Å². The van der Waals surface area contributed by atoms with E-state index >= 15 is 0 Å². The molecule has 39 heavy (non-hydrogen) atoms. The molecule has 0 saturated carbocycles. The minimum atomic E-state index is -4.65. The molecule has 0 bridgehead atoms. The largest absolute Gasteiger partial charge is 0.433 e. The van der Waals surface area contributed by atoms with Gasteiger partial charge < -0.3 is 10.6 Å². The zero-order chi connectivity index (χ0) is 28.8. The zero-order valence-corrected chi connectivity index (χ0v) is 22.9. The van der Waals surface area contributed by atoms with Crippen LogP contribution in [0.5, 0.6) is 0 Å². The van der Waals surface area contributed by atoms with E-state index in [1.807, 2.05) is 42.6 Å². The lowest BCUT2D eigenvalue weighted by atomic mass is 9.40. The molecule has 0 radical (unpaired) electrons. The molecule has 0 aliphatic rings. The van der Waals surface area contributed by atoms with Gasteiger partial charge in [0.05, 0.1) is 23.5 Å². The fourth-order valence-electron chi connectivity index (χ4n) is 4.06. The number of aromatic nitrogens is 4. The van der Waals surface area contributed by atoms with E-state index in [9.17, 15) is 18.0 Å². The maximum atomic E-state index is 13.1. The minimum absolute atomic E-state index is 0.140. The summed E-state index contributed by atoms with van der Waals surface area (Å²) in [5, 5.41) is 6.17. The molecule has 4 rings (SSSR count). The van der Waals surface area contributed by atoms with E-state index in [4.69, 9.17) is 4.98 Å². The van der Waals surface area contributed by atoms with Crippen LogP contribution in [0, 0.1) is 6.92 Å². The number of alkyl halides is 3. The Balaban J connectivity index is 1.75. The molecule has 3 aromatic heterocycles. The van der Waals surface area contributed by atoms with E-state index in [0.717, 1.165) is 40.0 Å². The van der Waals surface area contributed by atoms with Gasteiger partial charge in [0.15, 0.2) is 5.65 Å². The van der Waals surface area contributed by atoms with Crippen LogP contribution in [-0.2, 0) is 11.3 Å². The summed E-state index contributed by atoms with van der Waals surface area (Å²) in [7, 11) is 12.2. The highest BCUT2D eigenvalue weighted by Crippen LogP contribution is 2.34. The molecule has 7 nitrogen and oxygen atoms in total. The summed E-state index contributed by atoms with van der Waals surface area (Å²) in [6.07, 6.45) is -1.95. The first-order valence-electron chi connectivity index (χ1n) is 12.4. The Hall–Kier alpha value is -3.69. The quantitative estimate of drug-likeness (QED) is 0.302. The van der Waals surface area contributed by atoms with E-state index in [0.29, 0.717) is 17.3 Å². The Morgan fingerprint density at radius 1 is 0.897 bits per heavy atom. The number of nitrogens with zero attached hydrogens (tertiary/aromatic N) is 4. The topological polar surface area (TPSA) is 92.7 Å². The van der Waals surface area contributed by atoms with Gasteiger partial charge in [-0.25, -0.2) is 9.97 Å². The molecule has 0 saturated heterocycles. The van der Waals surface area contributed by atoms with Crippen LogP contribution in [0.4, 0.5) is 24.8 Å². The van der Waals surface area contributed by atoms with Crippen molar-refractivity contribution < 1.29 is 18.0 Å². The van der Waals surface area contributed by atoms with Crippen LogP contribution in [0.1, 0.15) is 27.3 Å². The molecule has 2 N–H and O–H groups in total. The third kappa shape index (κ3) is 6.66. The Morgan fingerprint density at radius 3 is 2.26 bits per heavy atom. The second-order valence-corrected chi connectivity index (χ2v) is 11.5. The number of hydrogen-bond acceptors (Lipinski definition) is 6. The van der Waals surface area contributed by atoms with Crippen molar-refractivity contribution in [3.63, 3.8) is 0 Å². The number of rotatable bonds is 6. The number of hydrogen-bond donors (Lipinski definition) is 2. The first kappa shape index (κ1) is 28.3. The van der Waals surface area contributed by atoms with E-state index in [-0.39, 0.29) is 15.9 Å². The Labute approximate surface area is 230 Å². The Bertz CT molecular complexity index is 1570. The predicted octanol–water partition coefficient (Wildman–Crippen LogP) is -1.40. The molecule has 1 aromatic carbocycles. The van der Waals surface area contributed by atoms with E-state index in [2.05, 4.69) is 49.1 Å². The number of fused-ring (bicyclic) bond motifs is 1. The lowest BCUT2D eigenvalue weighted by molar-refractivity contribution is -0.141. The smallest absolute Gasteiger partial charge is 0.372 e. The molecule has 1 amide bonds. The van der Waals surface area contributed by atoms with Crippen molar-refractivity contribution in [2.75, 3.05) is 10.6 Å². The number of nitrogens with one attached hydrogen (secondary N) is 2. The number of carbonyl (C=O) groups excluding carboxylic acids is 1. The fourth-order valence-corrected chi connectivity index (χ4v) is 4.06. The van der Waals surface area contributed by atoms with Gasteiger partial charge in [-0.2, -0.15) is 18.2 Å². The van der Waals surface area contributed by atoms with Crippen LogP contribution in [0.25, 0.3) is 22.2 Å². The molecule has 4 aromatic rings.